The topological polar surface area (TPSA) is 9.23 Å². The van der Waals surface area contributed by atoms with E-state index in [0.29, 0.717) is 0 Å². The molecule has 0 fully saturated rings. The summed E-state index contributed by atoms with van der Waals surface area (Å²) in [5.74, 6) is 0.910. The average molecular weight is 327 g/mol. The molecule has 0 heterocycles. The smallest absolute Gasteiger partial charge is 0.118 e. The van der Waals surface area contributed by atoms with Crippen LogP contribution in [-0.2, 0) is 0 Å². The number of hydrogen-bond acceptors (Lipinski definition) is 1. The van der Waals surface area contributed by atoms with E-state index in [1.54, 1.807) is 12.3 Å². The van der Waals surface area contributed by atoms with E-state index in [2.05, 4.69) is 80.4 Å². The molecule has 0 aliphatic heterocycles. The molecule has 2 aromatic carbocycles. The molecule has 1 nitrogen and oxygen atoms in total. The first-order valence-electron chi connectivity index (χ1n) is 7.76. The van der Waals surface area contributed by atoms with Crippen LogP contribution in [0.25, 0.3) is 6.08 Å². The van der Waals surface area contributed by atoms with Crippen molar-refractivity contribution in [3.8, 4) is 5.75 Å². The fourth-order valence-electron chi connectivity index (χ4n) is 2.45. The van der Waals surface area contributed by atoms with Gasteiger partial charge in [0.05, 0.1) is 22.3 Å². The molecule has 0 bridgehead atoms. The number of methoxy groups -OCH3 is 1. The first-order chi connectivity index (χ1) is 10.4. The zero-order chi connectivity index (χ0) is 16.2. The zero-order valence-corrected chi connectivity index (χ0v) is 16.3. The molecule has 0 atom stereocenters. The summed E-state index contributed by atoms with van der Waals surface area (Å²) in [6, 6.07) is 19.3. The number of ether oxygens (including phenoxy) is 1. The minimum Gasteiger partial charge on any atom is -0.497 e. The van der Waals surface area contributed by atoms with Crippen LogP contribution < -0.4 is 9.92 Å². The fraction of sp³-hybridized carbons (Fsp3) is 0.263. The van der Waals surface area contributed by atoms with Gasteiger partial charge in [-0.25, -0.2) is 0 Å². The minimum absolute atomic E-state index is 0.910. The van der Waals surface area contributed by atoms with Crippen molar-refractivity contribution < 1.29 is 4.74 Å². The van der Waals surface area contributed by atoms with Crippen LogP contribution in [0.2, 0.25) is 26.2 Å². The SMILES string of the molecule is COc1ccc(/C=C\[Si](C)(C)[Si](C)(C)c2ccccc2)cc1. The quantitative estimate of drug-likeness (QED) is 0.727. The molecule has 0 radical (unpaired) electrons. The zero-order valence-electron chi connectivity index (χ0n) is 14.3. The molecule has 0 spiro atoms. The van der Waals surface area contributed by atoms with Crippen molar-refractivity contribution in [1.29, 1.82) is 0 Å². The molecule has 0 saturated carbocycles. The largest absolute Gasteiger partial charge is 0.497 e. The maximum atomic E-state index is 5.22. The Morgan fingerprint density at radius 3 is 1.95 bits per heavy atom. The second kappa shape index (κ2) is 6.67. The van der Waals surface area contributed by atoms with E-state index in [0.717, 1.165) is 5.75 Å². The summed E-state index contributed by atoms with van der Waals surface area (Å²) in [5.41, 5.74) is 3.76. The maximum Gasteiger partial charge on any atom is 0.118 e. The first-order valence-corrected chi connectivity index (χ1v) is 14.8. The van der Waals surface area contributed by atoms with Crippen molar-refractivity contribution in [3.63, 3.8) is 0 Å². The Morgan fingerprint density at radius 1 is 0.818 bits per heavy atom. The van der Waals surface area contributed by atoms with Crippen molar-refractivity contribution >= 4 is 26.4 Å². The van der Waals surface area contributed by atoms with E-state index in [4.69, 9.17) is 4.74 Å². The van der Waals surface area contributed by atoms with E-state index in [1.165, 1.54) is 5.56 Å². The van der Waals surface area contributed by atoms with Crippen LogP contribution in [0.15, 0.2) is 60.3 Å². The maximum absolute atomic E-state index is 5.22. The summed E-state index contributed by atoms with van der Waals surface area (Å²) in [5, 5.41) is 1.56. The lowest BCUT2D eigenvalue weighted by Gasteiger charge is -2.36. The highest BCUT2D eigenvalue weighted by Crippen LogP contribution is 2.22. The lowest BCUT2D eigenvalue weighted by atomic mass is 10.2. The van der Waals surface area contributed by atoms with Crippen molar-refractivity contribution in [2.45, 2.75) is 26.2 Å². The fourth-order valence-corrected chi connectivity index (χ4v) is 9.48. The monoisotopic (exact) mass is 326 g/mol. The average Bonchev–Trinajstić information content (AvgIpc) is 2.54. The predicted molar refractivity (Wildman–Crippen MR) is 103 cm³/mol. The third kappa shape index (κ3) is 3.59. The Morgan fingerprint density at radius 2 is 1.41 bits per heavy atom. The molecular formula is C19H26OSi2. The second-order valence-corrected chi connectivity index (χ2v) is 22.0. The number of benzene rings is 2. The van der Waals surface area contributed by atoms with E-state index < -0.39 is 15.2 Å². The lowest BCUT2D eigenvalue weighted by Crippen LogP contribution is -2.61. The Kier molecular flexibility index (Phi) is 5.09. The standard InChI is InChI=1S/C19H26OSi2/c1-20-18-13-11-17(12-14-18)15-16-21(2,3)22(4,5)19-9-7-6-8-10-19/h6-16H,1-5H3/b16-15-. The van der Waals surface area contributed by atoms with Gasteiger partial charge in [-0.3, -0.25) is 0 Å². The van der Waals surface area contributed by atoms with Crippen molar-refractivity contribution in [2.75, 3.05) is 7.11 Å². The van der Waals surface area contributed by atoms with Crippen LogP contribution >= 0.6 is 0 Å². The van der Waals surface area contributed by atoms with Gasteiger partial charge < -0.3 is 4.74 Å². The van der Waals surface area contributed by atoms with Crippen LogP contribution in [0, 0.1) is 0 Å². The van der Waals surface area contributed by atoms with E-state index in [1.807, 2.05) is 12.1 Å². The Balaban J connectivity index is 2.23. The lowest BCUT2D eigenvalue weighted by molar-refractivity contribution is 0.415. The Bertz CT molecular complexity index is 628. The third-order valence-electron chi connectivity index (χ3n) is 4.91. The summed E-state index contributed by atoms with van der Waals surface area (Å²) in [7, 11) is -1.20. The van der Waals surface area contributed by atoms with Crippen LogP contribution in [0.4, 0.5) is 0 Å². The highest BCUT2D eigenvalue weighted by molar-refractivity contribution is 7.47. The van der Waals surface area contributed by atoms with Gasteiger partial charge in [0.1, 0.15) is 5.75 Å². The summed E-state index contributed by atoms with van der Waals surface area (Å²) >= 11 is 0. The highest BCUT2D eigenvalue weighted by atomic mass is 29.3. The molecule has 2 aromatic rings. The van der Waals surface area contributed by atoms with Gasteiger partial charge in [0.15, 0.2) is 0 Å². The number of rotatable bonds is 5. The van der Waals surface area contributed by atoms with E-state index >= 15 is 0 Å². The van der Waals surface area contributed by atoms with Crippen molar-refractivity contribution in [3.05, 3.63) is 65.9 Å². The summed E-state index contributed by atoms with van der Waals surface area (Å²) in [6.45, 7) is 10.00. The molecule has 3 heteroatoms. The van der Waals surface area contributed by atoms with Crippen LogP contribution in [-0.4, -0.2) is 22.3 Å². The molecule has 2 rings (SSSR count). The van der Waals surface area contributed by atoms with Gasteiger partial charge in [0.25, 0.3) is 0 Å². The van der Waals surface area contributed by atoms with Crippen LogP contribution in [0.5, 0.6) is 5.75 Å². The van der Waals surface area contributed by atoms with Gasteiger partial charge in [0.2, 0.25) is 0 Å². The summed E-state index contributed by atoms with van der Waals surface area (Å²) in [6.07, 6.45) is 2.29. The predicted octanol–water partition coefficient (Wildman–Crippen LogP) is 4.65. The molecule has 0 saturated heterocycles. The Hall–Kier alpha value is -1.59. The van der Waals surface area contributed by atoms with Gasteiger partial charge in [-0.1, -0.05) is 85.6 Å². The molecule has 0 amide bonds. The molecule has 0 unspecified atom stereocenters. The minimum atomic E-state index is -1.45. The van der Waals surface area contributed by atoms with Gasteiger partial charge in [-0.2, -0.15) is 0 Å². The first kappa shape index (κ1) is 16.8. The van der Waals surface area contributed by atoms with E-state index in [-0.39, 0.29) is 0 Å². The second-order valence-electron chi connectivity index (χ2n) is 6.82. The van der Waals surface area contributed by atoms with Crippen LogP contribution in [0.1, 0.15) is 5.56 Å². The molecule has 0 N–H and O–H groups in total. The molecule has 0 aliphatic carbocycles. The van der Waals surface area contributed by atoms with Crippen LogP contribution in [0.3, 0.4) is 0 Å². The highest BCUT2D eigenvalue weighted by Gasteiger charge is 2.40. The molecule has 22 heavy (non-hydrogen) atoms. The van der Waals surface area contributed by atoms with E-state index in [9.17, 15) is 0 Å². The van der Waals surface area contributed by atoms with Gasteiger partial charge in [-0.05, 0) is 17.7 Å². The normalized spacial score (nSPS) is 12.6. The van der Waals surface area contributed by atoms with Gasteiger partial charge >= 0.3 is 0 Å². The molecule has 0 aromatic heterocycles. The number of hydrogen-bond donors (Lipinski definition) is 0. The summed E-state index contributed by atoms with van der Waals surface area (Å²) < 4.78 is 5.22. The summed E-state index contributed by atoms with van der Waals surface area (Å²) in [4.78, 5) is 0. The van der Waals surface area contributed by atoms with Gasteiger partial charge in [-0.15, -0.1) is 0 Å². The molecule has 0 aliphatic rings. The van der Waals surface area contributed by atoms with Crippen molar-refractivity contribution in [2.24, 2.45) is 0 Å². The van der Waals surface area contributed by atoms with Crippen molar-refractivity contribution in [1.82, 2.24) is 0 Å². The van der Waals surface area contributed by atoms with Gasteiger partial charge in [0, 0.05) is 0 Å². The Labute approximate surface area is 136 Å². The third-order valence-corrected chi connectivity index (χ3v) is 21.9. The molecular weight excluding hydrogens is 300 g/mol. The molecule has 116 valence electrons.